The molecule has 0 heterocycles. The van der Waals surface area contributed by atoms with Crippen LogP contribution < -0.4 is 4.90 Å². The maximum Gasteiger partial charge on any atom is 0.0441 e. The van der Waals surface area contributed by atoms with Gasteiger partial charge in [0.2, 0.25) is 0 Å². The third kappa shape index (κ3) is 1.61. The van der Waals surface area contributed by atoms with Crippen molar-refractivity contribution in [2.24, 2.45) is 0 Å². The Kier molecular flexibility index (Phi) is 2.46. The van der Waals surface area contributed by atoms with Crippen molar-refractivity contribution in [1.29, 1.82) is 0 Å². The van der Waals surface area contributed by atoms with Gasteiger partial charge in [-0.05, 0) is 17.0 Å². The lowest BCUT2D eigenvalue weighted by atomic mass is 10.0. The average Bonchev–Trinajstić information content (AvgIpc) is 2.27. The molecule has 2 rings (SSSR count). The SMILES string of the molecule is C=Cc1ccc(N(C)C)c2ccccc12. The number of anilines is 1. The van der Waals surface area contributed by atoms with Gasteiger partial charge in [0, 0.05) is 25.2 Å². The summed E-state index contributed by atoms with van der Waals surface area (Å²) in [7, 11) is 4.13. The fraction of sp³-hybridized carbons (Fsp3) is 0.143. The van der Waals surface area contributed by atoms with E-state index in [2.05, 4.69) is 62.0 Å². The topological polar surface area (TPSA) is 3.24 Å². The van der Waals surface area contributed by atoms with Crippen molar-refractivity contribution in [3.63, 3.8) is 0 Å². The van der Waals surface area contributed by atoms with Crippen molar-refractivity contribution < 1.29 is 0 Å². The largest absolute Gasteiger partial charge is 0.377 e. The van der Waals surface area contributed by atoms with E-state index in [4.69, 9.17) is 0 Å². The molecule has 0 aliphatic rings. The first-order chi connectivity index (χ1) is 7.24. The van der Waals surface area contributed by atoms with Gasteiger partial charge in [-0.3, -0.25) is 0 Å². The normalized spacial score (nSPS) is 10.3. The number of hydrogen-bond acceptors (Lipinski definition) is 1. The van der Waals surface area contributed by atoms with Crippen LogP contribution in [0.2, 0.25) is 0 Å². The lowest BCUT2D eigenvalue weighted by Crippen LogP contribution is -2.09. The fourth-order valence-corrected chi connectivity index (χ4v) is 1.87. The summed E-state index contributed by atoms with van der Waals surface area (Å²) in [6, 6.07) is 12.7. The van der Waals surface area contributed by atoms with Crippen LogP contribution >= 0.6 is 0 Å². The van der Waals surface area contributed by atoms with E-state index < -0.39 is 0 Å². The highest BCUT2D eigenvalue weighted by atomic mass is 15.1. The first-order valence-corrected chi connectivity index (χ1v) is 5.05. The summed E-state index contributed by atoms with van der Waals surface area (Å²) in [5.41, 5.74) is 2.44. The summed E-state index contributed by atoms with van der Waals surface area (Å²) in [4.78, 5) is 2.13. The molecule has 0 atom stereocenters. The van der Waals surface area contributed by atoms with Crippen LogP contribution in [0.4, 0.5) is 5.69 Å². The molecule has 76 valence electrons. The molecule has 0 amide bonds. The highest BCUT2D eigenvalue weighted by Crippen LogP contribution is 2.28. The summed E-state index contributed by atoms with van der Waals surface area (Å²) in [5.74, 6) is 0. The molecule has 1 nitrogen and oxygen atoms in total. The molecular weight excluding hydrogens is 182 g/mol. The lowest BCUT2D eigenvalue weighted by Gasteiger charge is -2.16. The van der Waals surface area contributed by atoms with E-state index in [9.17, 15) is 0 Å². The second-order valence-electron chi connectivity index (χ2n) is 3.82. The van der Waals surface area contributed by atoms with Gasteiger partial charge in [-0.15, -0.1) is 0 Å². The summed E-state index contributed by atoms with van der Waals surface area (Å²) >= 11 is 0. The Bertz CT molecular complexity index is 498. The van der Waals surface area contributed by atoms with Crippen LogP contribution in [-0.2, 0) is 0 Å². The number of fused-ring (bicyclic) bond motifs is 1. The predicted molar refractivity (Wildman–Crippen MR) is 68.4 cm³/mol. The van der Waals surface area contributed by atoms with E-state index in [1.54, 1.807) is 0 Å². The van der Waals surface area contributed by atoms with E-state index in [0.29, 0.717) is 0 Å². The molecule has 1 heteroatoms. The minimum atomic E-state index is 1.19. The van der Waals surface area contributed by atoms with Crippen LogP contribution in [0, 0.1) is 0 Å². The second kappa shape index (κ2) is 3.77. The fourth-order valence-electron chi connectivity index (χ4n) is 1.87. The predicted octanol–water partition coefficient (Wildman–Crippen LogP) is 3.55. The Morgan fingerprint density at radius 3 is 2.27 bits per heavy atom. The maximum atomic E-state index is 3.84. The van der Waals surface area contributed by atoms with Crippen molar-refractivity contribution in [2.75, 3.05) is 19.0 Å². The molecule has 0 aromatic heterocycles. The zero-order valence-corrected chi connectivity index (χ0v) is 9.20. The molecule has 0 saturated heterocycles. The van der Waals surface area contributed by atoms with Crippen molar-refractivity contribution in [1.82, 2.24) is 0 Å². The van der Waals surface area contributed by atoms with Gasteiger partial charge in [0.1, 0.15) is 0 Å². The lowest BCUT2D eigenvalue weighted by molar-refractivity contribution is 1.14. The van der Waals surface area contributed by atoms with Crippen molar-refractivity contribution in [2.45, 2.75) is 0 Å². The molecule has 0 bridgehead atoms. The number of hydrogen-bond donors (Lipinski definition) is 0. The molecule has 2 aromatic carbocycles. The molecular formula is C14H15N. The van der Waals surface area contributed by atoms with Crippen LogP contribution in [0.25, 0.3) is 16.8 Å². The summed E-state index contributed by atoms with van der Waals surface area (Å²) < 4.78 is 0. The molecule has 2 aromatic rings. The van der Waals surface area contributed by atoms with Crippen LogP contribution in [0.3, 0.4) is 0 Å². The first-order valence-electron chi connectivity index (χ1n) is 5.05. The third-order valence-corrected chi connectivity index (χ3v) is 2.64. The molecule has 0 spiro atoms. The Labute approximate surface area is 90.6 Å². The van der Waals surface area contributed by atoms with Gasteiger partial charge in [0.25, 0.3) is 0 Å². The van der Waals surface area contributed by atoms with Crippen molar-refractivity contribution in [3.8, 4) is 0 Å². The number of rotatable bonds is 2. The second-order valence-corrected chi connectivity index (χ2v) is 3.82. The third-order valence-electron chi connectivity index (χ3n) is 2.64. The average molecular weight is 197 g/mol. The van der Waals surface area contributed by atoms with Crippen LogP contribution in [-0.4, -0.2) is 14.1 Å². The van der Waals surface area contributed by atoms with Crippen molar-refractivity contribution >= 4 is 22.5 Å². The molecule has 0 aliphatic carbocycles. The van der Waals surface area contributed by atoms with E-state index in [1.807, 2.05) is 6.08 Å². The Hall–Kier alpha value is -1.76. The van der Waals surface area contributed by atoms with E-state index in [-0.39, 0.29) is 0 Å². The first kappa shape index (κ1) is 9.78. The Morgan fingerprint density at radius 1 is 1.00 bits per heavy atom. The molecule has 0 radical (unpaired) electrons. The van der Waals surface area contributed by atoms with Gasteiger partial charge in [0.15, 0.2) is 0 Å². The van der Waals surface area contributed by atoms with Gasteiger partial charge in [-0.2, -0.15) is 0 Å². The van der Waals surface area contributed by atoms with Gasteiger partial charge in [-0.25, -0.2) is 0 Å². The van der Waals surface area contributed by atoms with Crippen LogP contribution in [0.1, 0.15) is 5.56 Å². The number of nitrogens with zero attached hydrogens (tertiary/aromatic N) is 1. The minimum absolute atomic E-state index is 1.19. The minimum Gasteiger partial charge on any atom is -0.377 e. The Balaban J connectivity index is 2.83. The van der Waals surface area contributed by atoms with Crippen molar-refractivity contribution in [3.05, 3.63) is 48.5 Å². The van der Waals surface area contributed by atoms with E-state index >= 15 is 0 Å². The Morgan fingerprint density at radius 2 is 1.67 bits per heavy atom. The smallest absolute Gasteiger partial charge is 0.0441 e. The zero-order chi connectivity index (χ0) is 10.8. The molecule has 0 saturated carbocycles. The van der Waals surface area contributed by atoms with Crippen LogP contribution in [0.5, 0.6) is 0 Å². The molecule has 15 heavy (non-hydrogen) atoms. The molecule has 0 N–H and O–H groups in total. The summed E-state index contributed by atoms with van der Waals surface area (Å²) in [6.07, 6.45) is 1.90. The molecule has 0 aliphatic heterocycles. The highest BCUT2D eigenvalue weighted by Gasteiger charge is 2.04. The van der Waals surface area contributed by atoms with Crippen LogP contribution in [0.15, 0.2) is 43.0 Å². The molecule has 0 unspecified atom stereocenters. The van der Waals surface area contributed by atoms with Gasteiger partial charge >= 0.3 is 0 Å². The monoisotopic (exact) mass is 197 g/mol. The van der Waals surface area contributed by atoms with E-state index in [1.165, 1.54) is 22.0 Å². The standard InChI is InChI=1S/C14H15N/c1-4-11-9-10-14(15(2)3)13-8-6-5-7-12(11)13/h4-10H,1H2,2-3H3. The summed E-state index contributed by atoms with van der Waals surface area (Å²) in [6.45, 7) is 3.84. The highest BCUT2D eigenvalue weighted by molar-refractivity contribution is 5.99. The zero-order valence-electron chi connectivity index (χ0n) is 9.20. The quantitative estimate of drug-likeness (QED) is 0.711. The summed E-state index contributed by atoms with van der Waals surface area (Å²) in [5, 5.41) is 2.54. The van der Waals surface area contributed by atoms with Gasteiger partial charge in [-0.1, -0.05) is 43.0 Å². The van der Waals surface area contributed by atoms with E-state index in [0.717, 1.165) is 0 Å². The van der Waals surface area contributed by atoms with Gasteiger partial charge < -0.3 is 4.90 Å². The number of benzene rings is 2. The van der Waals surface area contributed by atoms with Gasteiger partial charge in [0.05, 0.1) is 0 Å². The maximum absolute atomic E-state index is 3.84. The molecule has 0 fully saturated rings.